The van der Waals surface area contributed by atoms with E-state index in [-0.39, 0.29) is 0 Å². The number of methoxy groups -OCH3 is 2. The zero-order valence-corrected chi connectivity index (χ0v) is 13.5. The number of nitrogens with zero attached hydrogens (tertiary/aromatic N) is 2. The van der Waals surface area contributed by atoms with Gasteiger partial charge in [0.25, 0.3) is 0 Å². The van der Waals surface area contributed by atoms with E-state index in [4.69, 9.17) is 14.5 Å². The van der Waals surface area contributed by atoms with E-state index in [1.54, 1.807) is 26.6 Å². The van der Waals surface area contributed by atoms with E-state index in [1.165, 1.54) is 0 Å². The van der Waals surface area contributed by atoms with Crippen molar-refractivity contribution in [3.63, 3.8) is 0 Å². The van der Waals surface area contributed by atoms with Gasteiger partial charge in [0.05, 0.1) is 19.9 Å². The Hall–Kier alpha value is -2.82. The Balaban J connectivity index is 2.06. The lowest BCUT2D eigenvalue weighted by molar-refractivity contribution is 0.355. The second-order valence-electron chi connectivity index (χ2n) is 5.07. The monoisotopic (exact) mass is 309 g/mol. The molecule has 0 unspecified atom stereocenters. The molecule has 3 rings (SSSR count). The maximum Gasteiger partial charge on any atom is 0.161 e. The summed E-state index contributed by atoms with van der Waals surface area (Å²) in [6.45, 7) is 2.11. The van der Waals surface area contributed by atoms with Crippen molar-refractivity contribution in [2.45, 2.75) is 13.3 Å². The van der Waals surface area contributed by atoms with Gasteiger partial charge in [0, 0.05) is 29.2 Å². The van der Waals surface area contributed by atoms with E-state index < -0.39 is 0 Å². The van der Waals surface area contributed by atoms with Crippen LogP contribution in [0.2, 0.25) is 0 Å². The molecular formula is C18H19N3O2. The Bertz CT molecular complexity index is 797. The molecule has 0 atom stereocenters. The minimum absolute atomic E-state index is 0.685. The van der Waals surface area contributed by atoms with Gasteiger partial charge >= 0.3 is 0 Å². The third kappa shape index (κ3) is 2.90. The summed E-state index contributed by atoms with van der Waals surface area (Å²) >= 11 is 0. The van der Waals surface area contributed by atoms with E-state index in [0.29, 0.717) is 11.5 Å². The molecule has 1 aromatic carbocycles. The van der Waals surface area contributed by atoms with Crippen LogP contribution in [0.4, 0.5) is 0 Å². The Morgan fingerprint density at radius 1 is 0.957 bits per heavy atom. The lowest BCUT2D eigenvalue weighted by Gasteiger charge is -2.08. The van der Waals surface area contributed by atoms with Crippen LogP contribution in [0.15, 0.2) is 42.7 Å². The van der Waals surface area contributed by atoms with Crippen molar-refractivity contribution >= 4 is 0 Å². The number of hydrogen-bond acceptors (Lipinski definition) is 4. The molecule has 0 aliphatic heterocycles. The molecule has 0 bridgehead atoms. The zero-order chi connectivity index (χ0) is 16.2. The van der Waals surface area contributed by atoms with Crippen molar-refractivity contribution < 1.29 is 9.47 Å². The van der Waals surface area contributed by atoms with Crippen LogP contribution < -0.4 is 9.47 Å². The minimum Gasteiger partial charge on any atom is -0.493 e. The van der Waals surface area contributed by atoms with Gasteiger partial charge in [-0.05, 0) is 36.8 Å². The van der Waals surface area contributed by atoms with Gasteiger partial charge in [0.1, 0.15) is 5.82 Å². The first-order valence-corrected chi connectivity index (χ1v) is 7.48. The smallest absolute Gasteiger partial charge is 0.161 e. The van der Waals surface area contributed by atoms with Gasteiger partial charge in [-0.15, -0.1) is 0 Å². The molecule has 23 heavy (non-hydrogen) atoms. The maximum absolute atomic E-state index is 5.37. The van der Waals surface area contributed by atoms with Crippen molar-refractivity contribution in [2.75, 3.05) is 14.2 Å². The zero-order valence-electron chi connectivity index (χ0n) is 13.5. The standard InChI is InChI=1S/C18H19N3O2/c1-4-14-17(12-7-9-19-10-8-12)21-18(20-14)13-5-6-15(22-2)16(11-13)23-3/h5-11H,4H2,1-3H3,(H,20,21). The normalized spacial score (nSPS) is 10.6. The summed E-state index contributed by atoms with van der Waals surface area (Å²) in [6.07, 6.45) is 4.43. The Morgan fingerprint density at radius 3 is 2.35 bits per heavy atom. The lowest BCUT2D eigenvalue weighted by Crippen LogP contribution is -1.91. The highest BCUT2D eigenvalue weighted by Crippen LogP contribution is 2.33. The number of rotatable bonds is 5. The summed E-state index contributed by atoms with van der Waals surface area (Å²) < 4.78 is 10.7. The largest absolute Gasteiger partial charge is 0.493 e. The van der Waals surface area contributed by atoms with Gasteiger partial charge in [-0.2, -0.15) is 0 Å². The maximum atomic E-state index is 5.37. The molecule has 5 nitrogen and oxygen atoms in total. The number of hydrogen-bond donors (Lipinski definition) is 1. The first-order valence-electron chi connectivity index (χ1n) is 7.48. The van der Waals surface area contributed by atoms with Crippen molar-refractivity contribution in [3.05, 3.63) is 48.4 Å². The second-order valence-corrected chi connectivity index (χ2v) is 5.07. The third-order valence-corrected chi connectivity index (χ3v) is 3.74. The van der Waals surface area contributed by atoms with Crippen LogP contribution in [-0.4, -0.2) is 29.2 Å². The van der Waals surface area contributed by atoms with Crippen LogP contribution in [0.1, 0.15) is 12.6 Å². The first-order chi connectivity index (χ1) is 11.3. The van der Waals surface area contributed by atoms with Crippen LogP contribution in [0.25, 0.3) is 22.6 Å². The van der Waals surface area contributed by atoms with Gasteiger partial charge in [0.2, 0.25) is 0 Å². The molecule has 1 N–H and O–H groups in total. The SMILES string of the molecule is CCc1[nH]c(-c2ccc(OC)c(OC)c2)nc1-c1ccncc1. The highest BCUT2D eigenvalue weighted by molar-refractivity contribution is 5.68. The predicted octanol–water partition coefficient (Wildman–Crippen LogP) is 3.72. The quantitative estimate of drug-likeness (QED) is 0.780. The number of imidazole rings is 1. The summed E-state index contributed by atoms with van der Waals surface area (Å²) in [4.78, 5) is 12.2. The topological polar surface area (TPSA) is 60.0 Å². The predicted molar refractivity (Wildman–Crippen MR) is 89.7 cm³/mol. The van der Waals surface area contributed by atoms with Crippen LogP contribution in [0.3, 0.4) is 0 Å². The molecule has 0 spiro atoms. The van der Waals surface area contributed by atoms with Crippen molar-refractivity contribution in [1.82, 2.24) is 15.0 Å². The summed E-state index contributed by atoms with van der Waals surface area (Å²) in [7, 11) is 3.25. The van der Waals surface area contributed by atoms with Crippen molar-refractivity contribution in [2.24, 2.45) is 0 Å². The van der Waals surface area contributed by atoms with Crippen molar-refractivity contribution in [3.8, 4) is 34.1 Å². The number of pyridine rings is 1. The van der Waals surface area contributed by atoms with E-state index in [9.17, 15) is 0 Å². The highest BCUT2D eigenvalue weighted by Gasteiger charge is 2.14. The fraction of sp³-hybridized carbons (Fsp3) is 0.222. The molecule has 2 aromatic heterocycles. The first kappa shape index (κ1) is 15.1. The average Bonchev–Trinajstić information content (AvgIpc) is 3.06. The Labute approximate surface area is 135 Å². The van der Waals surface area contributed by atoms with Crippen LogP contribution >= 0.6 is 0 Å². The molecule has 118 valence electrons. The number of aromatic nitrogens is 3. The molecule has 0 radical (unpaired) electrons. The molecular weight excluding hydrogens is 290 g/mol. The third-order valence-electron chi connectivity index (χ3n) is 3.74. The number of H-pyrrole nitrogens is 1. The molecule has 0 aliphatic rings. The van der Waals surface area contributed by atoms with Crippen LogP contribution in [-0.2, 0) is 6.42 Å². The van der Waals surface area contributed by atoms with E-state index in [0.717, 1.165) is 34.8 Å². The van der Waals surface area contributed by atoms with Gasteiger partial charge in [-0.1, -0.05) is 6.92 Å². The second kappa shape index (κ2) is 6.52. The fourth-order valence-electron chi connectivity index (χ4n) is 2.53. The molecule has 2 heterocycles. The molecule has 3 aromatic rings. The van der Waals surface area contributed by atoms with Gasteiger partial charge in [0.15, 0.2) is 11.5 Å². The Kier molecular flexibility index (Phi) is 4.28. The summed E-state index contributed by atoms with van der Waals surface area (Å²) in [5.41, 5.74) is 4.07. The summed E-state index contributed by atoms with van der Waals surface area (Å²) in [5, 5.41) is 0. The number of nitrogens with one attached hydrogen (secondary N) is 1. The van der Waals surface area contributed by atoms with Crippen molar-refractivity contribution in [1.29, 1.82) is 0 Å². The molecule has 0 saturated heterocycles. The number of benzene rings is 1. The van der Waals surface area contributed by atoms with E-state index in [2.05, 4.69) is 16.9 Å². The highest BCUT2D eigenvalue weighted by atomic mass is 16.5. The average molecular weight is 309 g/mol. The summed E-state index contributed by atoms with van der Waals surface area (Å²) in [5.74, 6) is 2.20. The molecule has 5 heteroatoms. The summed E-state index contributed by atoms with van der Waals surface area (Å²) in [6, 6.07) is 9.71. The van der Waals surface area contributed by atoms with E-state index in [1.807, 2.05) is 30.3 Å². The van der Waals surface area contributed by atoms with Gasteiger partial charge < -0.3 is 14.5 Å². The number of ether oxygens (including phenoxy) is 2. The molecule has 0 saturated carbocycles. The molecule has 0 amide bonds. The fourth-order valence-corrected chi connectivity index (χ4v) is 2.53. The molecule has 0 aliphatic carbocycles. The van der Waals surface area contributed by atoms with E-state index >= 15 is 0 Å². The van der Waals surface area contributed by atoms with Crippen LogP contribution in [0.5, 0.6) is 11.5 Å². The number of aromatic amines is 1. The number of aryl methyl sites for hydroxylation is 1. The molecule has 0 fully saturated rings. The Morgan fingerprint density at radius 2 is 1.70 bits per heavy atom. The minimum atomic E-state index is 0.685. The lowest BCUT2D eigenvalue weighted by atomic mass is 10.1. The van der Waals surface area contributed by atoms with Crippen LogP contribution in [0, 0.1) is 0 Å². The van der Waals surface area contributed by atoms with Gasteiger partial charge in [-0.3, -0.25) is 4.98 Å². The van der Waals surface area contributed by atoms with Gasteiger partial charge in [-0.25, -0.2) is 4.98 Å².